The summed E-state index contributed by atoms with van der Waals surface area (Å²) >= 11 is 0. The molecule has 0 spiro atoms. The summed E-state index contributed by atoms with van der Waals surface area (Å²) in [7, 11) is 0. The van der Waals surface area contributed by atoms with Crippen molar-refractivity contribution in [3.05, 3.63) is 106 Å². The Morgan fingerprint density at radius 2 is 1.76 bits per heavy atom. The Kier molecular flexibility index (Phi) is 5.39. The van der Waals surface area contributed by atoms with Crippen LogP contribution in [0, 0.1) is 6.92 Å². The molecule has 168 valence electrons. The predicted octanol–water partition coefficient (Wildman–Crippen LogP) is 3.76. The van der Waals surface area contributed by atoms with Gasteiger partial charge >= 0.3 is 5.69 Å². The number of primary amides is 1. The fourth-order valence-electron chi connectivity index (χ4n) is 3.74. The molecule has 8 heteroatoms. The number of fused-ring (bicyclic) bond motifs is 1. The van der Waals surface area contributed by atoms with Crippen LogP contribution in [-0.4, -0.2) is 25.4 Å². The number of aryl methyl sites for hydroxylation is 1. The van der Waals surface area contributed by atoms with Crippen LogP contribution in [0.1, 0.15) is 21.6 Å². The molecule has 8 nitrogen and oxygen atoms in total. The van der Waals surface area contributed by atoms with Crippen molar-refractivity contribution < 1.29 is 9.53 Å². The zero-order chi connectivity index (χ0) is 23.7. The van der Waals surface area contributed by atoms with E-state index in [0.717, 1.165) is 11.1 Å². The summed E-state index contributed by atoms with van der Waals surface area (Å²) in [5, 5.41) is 0. The van der Waals surface area contributed by atoms with Crippen LogP contribution in [0.2, 0.25) is 0 Å². The van der Waals surface area contributed by atoms with Crippen LogP contribution in [0.5, 0.6) is 5.75 Å². The minimum Gasteiger partial charge on any atom is -0.489 e. The Bertz CT molecular complexity index is 1550. The van der Waals surface area contributed by atoms with Crippen molar-refractivity contribution >= 4 is 17.1 Å². The summed E-state index contributed by atoms with van der Waals surface area (Å²) in [5.41, 5.74) is 8.91. The summed E-state index contributed by atoms with van der Waals surface area (Å²) in [6, 6.07) is 24.5. The molecule has 2 heterocycles. The standard InChI is InChI=1S/C26H21N5O3/c1-16-6-5-9-19(14-16)31-25-22(29-26(31)33)21(23(27)32)28-24(30-25)18-10-12-20(13-11-18)34-15-17-7-3-2-4-8-17/h2-14H,15H2,1H3,(H2,27,32)(H,29,33). The van der Waals surface area contributed by atoms with Gasteiger partial charge in [-0.3, -0.25) is 4.79 Å². The van der Waals surface area contributed by atoms with Crippen molar-refractivity contribution in [2.45, 2.75) is 13.5 Å². The monoisotopic (exact) mass is 451 g/mol. The third kappa shape index (κ3) is 4.04. The maximum Gasteiger partial charge on any atom is 0.332 e. The number of hydrogen-bond acceptors (Lipinski definition) is 5. The molecule has 5 rings (SSSR count). The van der Waals surface area contributed by atoms with Gasteiger partial charge in [0.1, 0.15) is 17.9 Å². The van der Waals surface area contributed by atoms with Crippen LogP contribution in [0.15, 0.2) is 83.7 Å². The molecule has 0 aliphatic heterocycles. The Morgan fingerprint density at radius 3 is 2.47 bits per heavy atom. The minimum absolute atomic E-state index is 0.0482. The van der Waals surface area contributed by atoms with E-state index < -0.39 is 11.6 Å². The number of nitrogens with one attached hydrogen (secondary N) is 1. The van der Waals surface area contributed by atoms with E-state index in [9.17, 15) is 9.59 Å². The van der Waals surface area contributed by atoms with Gasteiger partial charge in [-0.05, 0) is 54.4 Å². The number of carbonyl (C=O) groups excluding carboxylic acids is 1. The van der Waals surface area contributed by atoms with Crippen molar-refractivity contribution in [3.63, 3.8) is 0 Å². The molecule has 34 heavy (non-hydrogen) atoms. The van der Waals surface area contributed by atoms with Gasteiger partial charge in [0.2, 0.25) is 0 Å². The minimum atomic E-state index is -0.755. The lowest BCUT2D eigenvalue weighted by Gasteiger charge is -2.09. The zero-order valence-corrected chi connectivity index (χ0v) is 18.4. The number of nitrogens with zero attached hydrogens (tertiary/aromatic N) is 3. The number of aromatic nitrogens is 4. The molecule has 0 aliphatic rings. The Balaban J connectivity index is 1.55. The quantitative estimate of drug-likeness (QED) is 0.408. The van der Waals surface area contributed by atoms with Gasteiger partial charge in [-0.2, -0.15) is 0 Å². The number of benzene rings is 3. The van der Waals surface area contributed by atoms with E-state index in [1.165, 1.54) is 4.57 Å². The number of carbonyl (C=O) groups is 1. The topological polar surface area (TPSA) is 116 Å². The maximum atomic E-state index is 12.8. The highest BCUT2D eigenvalue weighted by Crippen LogP contribution is 2.24. The van der Waals surface area contributed by atoms with Crippen molar-refractivity contribution in [1.82, 2.24) is 19.5 Å². The maximum absolute atomic E-state index is 12.8. The van der Waals surface area contributed by atoms with Crippen molar-refractivity contribution in [1.29, 1.82) is 0 Å². The van der Waals surface area contributed by atoms with Gasteiger partial charge in [0, 0.05) is 5.56 Å². The van der Waals surface area contributed by atoms with Crippen molar-refractivity contribution in [2.24, 2.45) is 5.73 Å². The lowest BCUT2D eigenvalue weighted by Crippen LogP contribution is -2.15. The lowest BCUT2D eigenvalue weighted by atomic mass is 10.2. The Hall–Kier alpha value is -4.72. The average Bonchev–Trinajstić information content (AvgIpc) is 3.18. The molecular weight excluding hydrogens is 430 g/mol. The summed E-state index contributed by atoms with van der Waals surface area (Å²) in [4.78, 5) is 36.6. The van der Waals surface area contributed by atoms with Crippen LogP contribution in [0.3, 0.4) is 0 Å². The fourth-order valence-corrected chi connectivity index (χ4v) is 3.74. The van der Waals surface area contributed by atoms with Gasteiger partial charge in [-0.25, -0.2) is 19.3 Å². The Morgan fingerprint density at radius 1 is 1.00 bits per heavy atom. The number of amides is 1. The van der Waals surface area contributed by atoms with E-state index >= 15 is 0 Å². The number of imidazole rings is 1. The second-order valence-corrected chi connectivity index (χ2v) is 7.86. The van der Waals surface area contributed by atoms with Gasteiger partial charge < -0.3 is 15.5 Å². The highest BCUT2D eigenvalue weighted by atomic mass is 16.5. The van der Waals surface area contributed by atoms with Gasteiger partial charge in [0.25, 0.3) is 5.91 Å². The second kappa shape index (κ2) is 8.67. The zero-order valence-electron chi connectivity index (χ0n) is 18.4. The third-order valence-corrected chi connectivity index (χ3v) is 5.39. The number of rotatable bonds is 6. The van der Waals surface area contributed by atoms with E-state index in [-0.39, 0.29) is 22.7 Å². The number of ether oxygens (including phenoxy) is 1. The van der Waals surface area contributed by atoms with Crippen LogP contribution in [-0.2, 0) is 6.61 Å². The third-order valence-electron chi connectivity index (χ3n) is 5.39. The summed E-state index contributed by atoms with van der Waals surface area (Å²) in [5.74, 6) is 0.201. The highest BCUT2D eigenvalue weighted by molar-refractivity contribution is 6.02. The molecule has 2 aromatic heterocycles. The molecular formula is C26H21N5O3. The van der Waals surface area contributed by atoms with E-state index in [2.05, 4.69) is 15.0 Å². The summed E-state index contributed by atoms with van der Waals surface area (Å²) in [6.45, 7) is 2.38. The van der Waals surface area contributed by atoms with Gasteiger partial charge in [-0.15, -0.1) is 0 Å². The first-order chi connectivity index (χ1) is 16.5. The number of aromatic amines is 1. The number of H-pyrrole nitrogens is 1. The van der Waals surface area contributed by atoms with E-state index in [1.807, 2.05) is 55.5 Å². The van der Waals surface area contributed by atoms with Crippen LogP contribution >= 0.6 is 0 Å². The van der Waals surface area contributed by atoms with Gasteiger partial charge in [0.15, 0.2) is 17.2 Å². The molecule has 1 amide bonds. The molecule has 0 fully saturated rings. The van der Waals surface area contributed by atoms with Gasteiger partial charge in [-0.1, -0.05) is 42.5 Å². The molecule has 5 aromatic rings. The smallest absolute Gasteiger partial charge is 0.332 e. The predicted molar refractivity (Wildman–Crippen MR) is 129 cm³/mol. The highest BCUT2D eigenvalue weighted by Gasteiger charge is 2.20. The van der Waals surface area contributed by atoms with Crippen molar-refractivity contribution in [2.75, 3.05) is 0 Å². The number of nitrogens with two attached hydrogens (primary N) is 1. The van der Waals surface area contributed by atoms with E-state index in [1.54, 1.807) is 30.3 Å². The van der Waals surface area contributed by atoms with E-state index in [4.69, 9.17) is 10.5 Å². The molecule has 0 unspecified atom stereocenters. The molecule has 0 radical (unpaired) electrons. The first kappa shape index (κ1) is 21.1. The molecule has 0 aliphatic carbocycles. The molecule has 0 atom stereocenters. The molecule has 3 N–H and O–H groups in total. The molecule has 3 aromatic carbocycles. The lowest BCUT2D eigenvalue weighted by molar-refractivity contribution is 0.0997. The van der Waals surface area contributed by atoms with Gasteiger partial charge in [0.05, 0.1) is 5.69 Å². The summed E-state index contributed by atoms with van der Waals surface area (Å²) < 4.78 is 7.26. The average molecular weight is 451 g/mol. The summed E-state index contributed by atoms with van der Waals surface area (Å²) in [6.07, 6.45) is 0. The normalized spacial score (nSPS) is 11.0. The largest absolute Gasteiger partial charge is 0.489 e. The van der Waals surface area contributed by atoms with Crippen LogP contribution in [0.4, 0.5) is 0 Å². The fraction of sp³-hybridized carbons (Fsp3) is 0.0769. The van der Waals surface area contributed by atoms with Crippen LogP contribution < -0.4 is 16.2 Å². The first-order valence-electron chi connectivity index (χ1n) is 10.7. The SMILES string of the molecule is Cc1cccc(-n2c(=O)[nH]c3c(C(N)=O)nc(-c4ccc(OCc5ccccc5)cc4)nc32)c1. The Labute approximate surface area is 194 Å². The first-order valence-corrected chi connectivity index (χ1v) is 10.7. The number of hydrogen-bond donors (Lipinski definition) is 2. The molecule has 0 saturated heterocycles. The van der Waals surface area contributed by atoms with E-state index in [0.29, 0.717) is 23.6 Å². The molecule has 0 bridgehead atoms. The second-order valence-electron chi connectivity index (χ2n) is 7.86. The molecule has 0 saturated carbocycles. The van der Waals surface area contributed by atoms with Crippen molar-refractivity contribution in [3.8, 4) is 22.8 Å². The van der Waals surface area contributed by atoms with Crippen LogP contribution in [0.25, 0.3) is 28.2 Å².